The zero-order chi connectivity index (χ0) is 23.1. The van der Waals surface area contributed by atoms with Crippen molar-refractivity contribution in [2.75, 3.05) is 50.5 Å². The summed E-state index contributed by atoms with van der Waals surface area (Å²) in [6.07, 6.45) is 3.74. The topological polar surface area (TPSA) is 81.7 Å². The fourth-order valence-electron chi connectivity index (χ4n) is 5.35. The molecule has 8 heteroatoms. The molecule has 2 amide bonds. The minimum Gasteiger partial charge on any atom is -0.374 e. The molecule has 8 nitrogen and oxygen atoms in total. The van der Waals surface area contributed by atoms with Gasteiger partial charge in [-0.3, -0.25) is 9.59 Å². The summed E-state index contributed by atoms with van der Waals surface area (Å²) in [4.78, 5) is 40.8. The Morgan fingerprint density at radius 2 is 1.94 bits per heavy atom. The molecule has 1 atom stereocenters. The van der Waals surface area contributed by atoms with Crippen LogP contribution in [0.1, 0.15) is 58.7 Å². The summed E-state index contributed by atoms with van der Waals surface area (Å²) < 4.78 is 0. The number of benzene rings is 1. The van der Waals surface area contributed by atoms with Crippen LogP contribution in [0.5, 0.6) is 0 Å². The lowest BCUT2D eigenvalue weighted by molar-refractivity contribution is -0.127. The number of nitrogens with one attached hydrogen (secondary N) is 1. The fraction of sp³-hybridized carbons (Fsp3) is 0.520. The summed E-state index contributed by atoms with van der Waals surface area (Å²) in [7, 11) is 3.97. The molecular weight excluding hydrogens is 416 g/mol. The van der Waals surface area contributed by atoms with Gasteiger partial charge in [-0.05, 0) is 43.0 Å². The van der Waals surface area contributed by atoms with E-state index >= 15 is 0 Å². The van der Waals surface area contributed by atoms with Gasteiger partial charge >= 0.3 is 0 Å². The third kappa shape index (κ3) is 4.03. The minimum absolute atomic E-state index is 0.0655. The Bertz CT molecular complexity index is 1080. The second-order valence-electron chi connectivity index (χ2n) is 9.40. The smallest absolute Gasteiger partial charge is 0.254 e. The van der Waals surface area contributed by atoms with Crippen molar-refractivity contribution in [1.82, 2.24) is 19.8 Å². The van der Waals surface area contributed by atoms with Gasteiger partial charge in [0.05, 0.1) is 12.2 Å². The molecule has 1 fully saturated rings. The minimum atomic E-state index is 0.0655. The lowest BCUT2D eigenvalue weighted by Gasteiger charge is -2.31. The monoisotopic (exact) mass is 448 g/mol. The van der Waals surface area contributed by atoms with E-state index in [1.165, 1.54) is 11.3 Å². The molecule has 33 heavy (non-hydrogen) atoms. The van der Waals surface area contributed by atoms with Gasteiger partial charge in [-0.25, -0.2) is 9.97 Å². The third-order valence-corrected chi connectivity index (χ3v) is 7.28. The average Bonchev–Trinajstić information content (AvgIpc) is 3.33. The molecule has 1 saturated heterocycles. The van der Waals surface area contributed by atoms with Crippen molar-refractivity contribution in [3.63, 3.8) is 0 Å². The second kappa shape index (κ2) is 8.65. The molecule has 3 aliphatic rings. The van der Waals surface area contributed by atoms with Crippen molar-refractivity contribution in [2.24, 2.45) is 0 Å². The normalized spacial score (nSPS) is 19.8. The summed E-state index contributed by atoms with van der Waals surface area (Å²) >= 11 is 0. The van der Waals surface area contributed by atoms with E-state index in [2.05, 4.69) is 29.4 Å². The number of likely N-dealkylation sites (tertiary alicyclic amines) is 1. The molecule has 3 aliphatic heterocycles. The number of carbonyl (C=O) groups is 2. The van der Waals surface area contributed by atoms with Crippen molar-refractivity contribution < 1.29 is 9.59 Å². The lowest BCUT2D eigenvalue weighted by atomic mass is 9.98. The van der Waals surface area contributed by atoms with Crippen LogP contribution in [0.2, 0.25) is 0 Å². The Morgan fingerprint density at radius 1 is 1.09 bits per heavy atom. The molecule has 2 aromatic rings. The average molecular weight is 449 g/mol. The van der Waals surface area contributed by atoms with Gasteiger partial charge < -0.3 is 20.0 Å². The van der Waals surface area contributed by atoms with Crippen LogP contribution in [0, 0.1) is 0 Å². The van der Waals surface area contributed by atoms with Gasteiger partial charge in [-0.15, -0.1) is 0 Å². The van der Waals surface area contributed by atoms with E-state index in [0.717, 1.165) is 60.8 Å². The molecule has 1 aromatic heterocycles. The first-order valence-corrected chi connectivity index (χ1v) is 11.9. The van der Waals surface area contributed by atoms with E-state index in [1.807, 2.05) is 22.9 Å². The zero-order valence-electron chi connectivity index (χ0n) is 19.7. The Morgan fingerprint density at radius 3 is 2.70 bits per heavy atom. The molecule has 1 aromatic carbocycles. The van der Waals surface area contributed by atoms with Crippen LogP contribution in [0.4, 0.5) is 11.5 Å². The van der Waals surface area contributed by atoms with Gasteiger partial charge in [0.2, 0.25) is 5.91 Å². The van der Waals surface area contributed by atoms with Crippen LogP contribution in [-0.2, 0) is 24.2 Å². The molecule has 4 heterocycles. The molecule has 5 rings (SSSR count). The number of nitrogens with zero attached hydrogens (tertiary/aromatic N) is 5. The molecule has 0 saturated carbocycles. The molecular formula is C25H32N6O2. The largest absolute Gasteiger partial charge is 0.374 e. The number of carbonyl (C=O) groups excluding carboxylic acids is 2. The van der Waals surface area contributed by atoms with Crippen LogP contribution in [0.25, 0.3) is 0 Å². The van der Waals surface area contributed by atoms with E-state index < -0.39 is 0 Å². The highest BCUT2D eigenvalue weighted by Gasteiger charge is 2.31. The van der Waals surface area contributed by atoms with Crippen molar-refractivity contribution in [3.05, 3.63) is 46.4 Å². The van der Waals surface area contributed by atoms with Crippen molar-refractivity contribution in [3.8, 4) is 0 Å². The number of hydrogen-bond acceptors (Lipinski definition) is 6. The summed E-state index contributed by atoms with van der Waals surface area (Å²) in [5.74, 6) is 1.93. The Kier molecular flexibility index (Phi) is 5.68. The highest BCUT2D eigenvalue weighted by atomic mass is 16.2. The third-order valence-electron chi connectivity index (χ3n) is 7.28. The number of rotatable bonds is 3. The van der Waals surface area contributed by atoms with E-state index in [-0.39, 0.29) is 17.7 Å². The van der Waals surface area contributed by atoms with Gasteiger partial charge in [0, 0.05) is 76.4 Å². The number of hydrogen-bond donors (Lipinski definition) is 1. The van der Waals surface area contributed by atoms with E-state index in [0.29, 0.717) is 26.1 Å². The standard InChI is InChI=1S/C25H32N6O2/c1-16(32)30-11-8-19(14-30)23-27-21-9-12-31(15-20(21)24(26-2)28-23)25(33)18-6-7-22-17(13-18)5-4-10-29(22)3/h6-7,13,19H,4-5,8-12,14-15H2,1-3H3,(H,26,27,28)/t19-/m0/s1. The first-order valence-electron chi connectivity index (χ1n) is 11.9. The molecule has 0 radical (unpaired) electrons. The quantitative estimate of drug-likeness (QED) is 0.777. The van der Waals surface area contributed by atoms with Crippen LogP contribution in [0.15, 0.2) is 18.2 Å². The number of amides is 2. The van der Waals surface area contributed by atoms with Gasteiger partial charge in [0.15, 0.2) is 0 Å². The lowest BCUT2D eigenvalue weighted by Crippen LogP contribution is -2.37. The number of aryl methyl sites for hydroxylation is 1. The molecule has 0 aliphatic carbocycles. The Balaban J connectivity index is 1.36. The highest BCUT2D eigenvalue weighted by molar-refractivity contribution is 5.95. The Hall–Kier alpha value is -3.16. The fourth-order valence-corrected chi connectivity index (χ4v) is 5.35. The molecule has 0 unspecified atom stereocenters. The number of aromatic nitrogens is 2. The number of anilines is 2. The molecule has 1 N–H and O–H groups in total. The first kappa shape index (κ1) is 21.7. The van der Waals surface area contributed by atoms with Gasteiger partial charge in [0.1, 0.15) is 11.6 Å². The summed E-state index contributed by atoms with van der Waals surface area (Å²) in [6, 6.07) is 6.11. The van der Waals surface area contributed by atoms with Crippen LogP contribution < -0.4 is 10.2 Å². The van der Waals surface area contributed by atoms with Crippen LogP contribution in [0.3, 0.4) is 0 Å². The second-order valence-corrected chi connectivity index (χ2v) is 9.40. The van der Waals surface area contributed by atoms with E-state index in [1.54, 1.807) is 6.92 Å². The highest BCUT2D eigenvalue weighted by Crippen LogP contribution is 2.31. The zero-order valence-corrected chi connectivity index (χ0v) is 19.7. The van der Waals surface area contributed by atoms with E-state index in [9.17, 15) is 9.59 Å². The predicted molar refractivity (Wildman–Crippen MR) is 128 cm³/mol. The SMILES string of the molecule is CNc1nc([C@H]2CCN(C(C)=O)C2)nc2c1CN(C(=O)c1ccc3c(c1)CCCN3C)CC2. The maximum atomic E-state index is 13.4. The maximum absolute atomic E-state index is 13.4. The van der Waals surface area contributed by atoms with Crippen LogP contribution in [-0.4, -0.2) is 71.9 Å². The van der Waals surface area contributed by atoms with Crippen molar-refractivity contribution in [2.45, 2.75) is 45.1 Å². The van der Waals surface area contributed by atoms with Crippen molar-refractivity contribution in [1.29, 1.82) is 0 Å². The van der Waals surface area contributed by atoms with Gasteiger partial charge in [-0.2, -0.15) is 0 Å². The maximum Gasteiger partial charge on any atom is 0.254 e. The summed E-state index contributed by atoms with van der Waals surface area (Å²) in [5.41, 5.74) is 5.26. The Labute approximate surface area is 195 Å². The summed E-state index contributed by atoms with van der Waals surface area (Å²) in [5, 5.41) is 3.22. The van der Waals surface area contributed by atoms with E-state index in [4.69, 9.17) is 9.97 Å². The van der Waals surface area contributed by atoms with Gasteiger partial charge in [0.25, 0.3) is 5.91 Å². The van der Waals surface area contributed by atoms with Crippen molar-refractivity contribution >= 4 is 23.3 Å². The molecule has 174 valence electrons. The summed E-state index contributed by atoms with van der Waals surface area (Å²) in [6.45, 7) is 5.26. The predicted octanol–water partition coefficient (Wildman–Crippen LogP) is 2.44. The van der Waals surface area contributed by atoms with Crippen LogP contribution >= 0.6 is 0 Å². The molecule has 0 bridgehead atoms. The number of fused-ring (bicyclic) bond motifs is 2. The molecule has 0 spiro atoms. The van der Waals surface area contributed by atoms with Gasteiger partial charge in [-0.1, -0.05) is 0 Å². The first-order chi connectivity index (χ1) is 15.9.